The molecule has 0 amide bonds. The van der Waals surface area contributed by atoms with Crippen LogP contribution in [-0.2, 0) is 4.74 Å². The smallest absolute Gasteiger partial charge is 0.0817 e. The summed E-state index contributed by atoms with van der Waals surface area (Å²) < 4.78 is 5.33. The first kappa shape index (κ1) is 14.3. The van der Waals surface area contributed by atoms with Gasteiger partial charge < -0.3 is 20.5 Å². The van der Waals surface area contributed by atoms with E-state index < -0.39 is 5.60 Å². The molecule has 4 nitrogen and oxygen atoms in total. The third kappa shape index (κ3) is 4.19. The summed E-state index contributed by atoms with van der Waals surface area (Å²) in [4.78, 5) is 2.44. The summed E-state index contributed by atoms with van der Waals surface area (Å²) in [6.07, 6.45) is 6.50. The quantitative estimate of drug-likeness (QED) is 0.790. The summed E-state index contributed by atoms with van der Waals surface area (Å²) in [5.41, 5.74) is 5.25. The molecule has 0 bridgehead atoms. The molecule has 0 saturated carbocycles. The molecule has 2 rings (SSSR count). The van der Waals surface area contributed by atoms with Gasteiger partial charge in [0.1, 0.15) is 0 Å². The Morgan fingerprint density at radius 3 is 2.33 bits per heavy atom. The summed E-state index contributed by atoms with van der Waals surface area (Å²) in [7, 11) is 0. The molecule has 2 heterocycles. The van der Waals surface area contributed by atoms with Crippen LogP contribution in [0.2, 0.25) is 0 Å². The molecule has 4 heteroatoms. The summed E-state index contributed by atoms with van der Waals surface area (Å²) in [6, 6.07) is 0. The molecule has 106 valence electrons. The lowest BCUT2D eigenvalue weighted by Gasteiger charge is -2.38. The van der Waals surface area contributed by atoms with E-state index in [1.165, 1.54) is 25.7 Å². The highest BCUT2D eigenvalue weighted by Crippen LogP contribution is 2.24. The monoisotopic (exact) mass is 256 g/mol. The number of β-amino-alcohol motifs (C(OH)–C–C–N with tert-alkyl or cyclic N) is 1. The molecular weight excluding hydrogens is 228 g/mol. The van der Waals surface area contributed by atoms with Gasteiger partial charge in [0.05, 0.1) is 5.60 Å². The van der Waals surface area contributed by atoms with Crippen molar-refractivity contribution in [2.45, 2.75) is 44.1 Å². The topological polar surface area (TPSA) is 58.7 Å². The van der Waals surface area contributed by atoms with Crippen molar-refractivity contribution >= 4 is 0 Å². The highest BCUT2D eigenvalue weighted by Gasteiger charge is 2.32. The van der Waals surface area contributed by atoms with Crippen molar-refractivity contribution in [2.24, 2.45) is 11.7 Å². The molecule has 2 aliphatic heterocycles. The Labute approximate surface area is 110 Å². The summed E-state index contributed by atoms with van der Waals surface area (Å²) in [5, 5.41) is 10.5. The average Bonchev–Trinajstić information content (AvgIpc) is 2.33. The normalized spacial score (nSPS) is 27.7. The van der Waals surface area contributed by atoms with E-state index in [0.29, 0.717) is 13.2 Å². The molecule has 0 radical (unpaired) electrons. The predicted octanol–water partition coefficient (Wildman–Crippen LogP) is 0.979. The van der Waals surface area contributed by atoms with Gasteiger partial charge in [-0.3, -0.25) is 0 Å². The fourth-order valence-electron chi connectivity index (χ4n) is 3.18. The summed E-state index contributed by atoms with van der Waals surface area (Å²) in [6.45, 7) is 5.30. The van der Waals surface area contributed by atoms with Gasteiger partial charge in [-0.15, -0.1) is 0 Å². The number of nitrogens with two attached hydrogens (primary N) is 1. The Morgan fingerprint density at radius 2 is 1.78 bits per heavy atom. The molecule has 2 aliphatic rings. The van der Waals surface area contributed by atoms with Gasteiger partial charge in [-0.2, -0.15) is 0 Å². The van der Waals surface area contributed by atoms with Crippen molar-refractivity contribution in [3.63, 3.8) is 0 Å². The van der Waals surface area contributed by atoms with Crippen LogP contribution in [0.3, 0.4) is 0 Å². The Hall–Kier alpha value is -0.160. The Balaban J connectivity index is 1.78. The van der Waals surface area contributed by atoms with E-state index in [2.05, 4.69) is 4.90 Å². The minimum atomic E-state index is -0.509. The standard InChI is InChI=1S/C14H28N2O2/c15-11-13-3-1-7-16(8-2-4-13)12-14(17)5-9-18-10-6-14/h13,17H,1-12,15H2. The van der Waals surface area contributed by atoms with Crippen LogP contribution >= 0.6 is 0 Å². The average molecular weight is 256 g/mol. The van der Waals surface area contributed by atoms with Crippen LogP contribution in [0, 0.1) is 5.92 Å². The molecule has 0 atom stereocenters. The van der Waals surface area contributed by atoms with E-state index in [1.54, 1.807) is 0 Å². The maximum Gasteiger partial charge on any atom is 0.0817 e. The Kier molecular flexibility index (Phi) is 5.42. The first-order valence-corrected chi connectivity index (χ1v) is 7.44. The van der Waals surface area contributed by atoms with Crippen molar-refractivity contribution in [2.75, 3.05) is 39.4 Å². The molecule has 0 aromatic rings. The zero-order chi connectivity index (χ0) is 12.8. The van der Waals surface area contributed by atoms with Gasteiger partial charge in [0.15, 0.2) is 0 Å². The van der Waals surface area contributed by atoms with Gasteiger partial charge in [-0.05, 0) is 51.2 Å². The molecule has 3 N–H and O–H groups in total. The summed E-state index contributed by atoms with van der Waals surface area (Å²) in [5.74, 6) is 0.721. The van der Waals surface area contributed by atoms with Crippen molar-refractivity contribution in [1.29, 1.82) is 0 Å². The molecule has 0 spiro atoms. The third-order valence-electron chi connectivity index (χ3n) is 4.45. The van der Waals surface area contributed by atoms with Crippen LogP contribution < -0.4 is 5.73 Å². The van der Waals surface area contributed by atoms with Crippen LogP contribution in [0.4, 0.5) is 0 Å². The fraction of sp³-hybridized carbons (Fsp3) is 1.00. The lowest BCUT2D eigenvalue weighted by Crippen LogP contribution is -2.47. The maximum atomic E-state index is 10.5. The molecule has 0 aromatic carbocycles. The van der Waals surface area contributed by atoms with Gasteiger partial charge in [-0.1, -0.05) is 0 Å². The highest BCUT2D eigenvalue weighted by atomic mass is 16.5. The highest BCUT2D eigenvalue weighted by molar-refractivity contribution is 4.85. The Morgan fingerprint density at radius 1 is 1.17 bits per heavy atom. The second-order valence-corrected chi connectivity index (χ2v) is 6.00. The molecule has 2 fully saturated rings. The van der Waals surface area contributed by atoms with E-state index in [0.717, 1.165) is 44.9 Å². The van der Waals surface area contributed by atoms with Gasteiger partial charge in [0.25, 0.3) is 0 Å². The molecule has 0 aliphatic carbocycles. The van der Waals surface area contributed by atoms with Crippen LogP contribution in [0.1, 0.15) is 38.5 Å². The third-order valence-corrected chi connectivity index (χ3v) is 4.45. The number of hydrogen-bond acceptors (Lipinski definition) is 4. The van der Waals surface area contributed by atoms with E-state index in [9.17, 15) is 5.11 Å². The van der Waals surface area contributed by atoms with Crippen LogP contribution in [-0.4, -0.2) is 55.0 Å². The number of hydrogen-bond donors (Lipinski definition) is 2. The molecule has 0 unspecified atom stereocenters. The number of likely N-dealkylation sites (tertiary alicyclic amines) is 1. The van der Waals surface area contributed by atoms with Crippen LogP contribution in [0.25, 0.3) is 0 Å². The fourth-order valence-corrected chi connectivity index (χ4v) is 3.18. The molecule has 2 saturated heterocycles. The molecule has 18 heavy (non-hydrogen) atoms. The second-order valence-electron chi connectivity index (χ2n) is 6.00. The first-order valence-electron chi connectivity index (χ1n) is 7.44. The lowest BCUT2D eigenvalue weighted by atomic mass is 9.91. The number of nitrogens with zero attached hydrogens (tertiary/aromatic N) is 1. The van der Waals surface area contributed by atoms with E-state index in [1.807, 2.05) is 0 Å². The largest absolute Gasteiger partial charge is 0.388 e. The van der Waals surface area contributed by atoms with Crippen molar-refractivity contribution in [3.8, 4) is 0 Å². The predicted molar refractivity (Wildman–Crippen MR) is 72.5 cm³/mol. The van der Waals surface area contributed by atoms with E-state index >= 15 is 0 Å². The zero-order valence-electron chi connectivity index (χ0n) is 11.4. The van der Waals surface area contributed by atoms with E-state index in [-0.39, 0.29) is 0 Å². The van der Waals surface area contributed by atoms with Crippen molar-refractivity contribution < 1.29 is 9.84 Å². The number of ether oxygens (including phenoxy) is 1. The zero-order valence-corrected chi connectivity index (χ0v) is 11.4. The molecular formula is C14H28N2O2. The maximum absolute atomic E-state index is 10.5. The van der Waals surface area contributed by atoms with Crippen LogP contribution in [0.5, 0.6) is 0 Å². The van der Waals surface area contributed by atoms with Crippen molar-refractivity contribution in [3.05, 3.63) is 0 Å². The van der Waals surface area contributed by atoms with Gasteiger partial charge in [0, 0.05) is 32.6 Å². The van der Waals surface area contributed by atoms with Gasteiger partial charge >= 0.3 is 0 Å². The number of aliphatic hydroxyl groups is 1. The van der Waals surface area contributed by atoms with Gasteiger partial charge in [-0.25, -0.2) is 0 Å². The van der Waals surface area contributed by atoms with E-state index in [4.69, 9.17) is 10.5 Å². The lowest BCUT2D eigenvalue weighted by molar-refractivity contribution is -0.0807. The molecule has 0 aromatic heterocycles. The number of rotatable bonds is 3. The summed E-state index contributed by atoms with van der Waals surface area (Å²) >= 11 is 0. The van der Waals surface area contributed by atoms with Crippen LogP contribution in [0.15, 0.2) is 0 Å². The SMILES string of the molecule is NCC1CCCN(CC2(O)CCOCC2)CCC1. The van der Waals surface area contributed by atoms with Gasteiger partial charge in [0.2, 0.25) is 0 Å². The minimum absolute atomic E-state index is 0.509. The second kappa shape index (κ2) is 6.85. The first-order chi connectivity index (χ1) is 8.72. The van der Waals surface area contributed by atoms with Crippen molar-refractivity contribution in [1.82, 2.24) is 4.90 Å². The minimum Gasteiger partial charge on any atom is -0.388 e. The Bertz CT molecular complexity index is 232.